The van der Waals surface area contributed by atoms with Gasteiger partial charge >= 0.3 is 29.8 Å². The lowest BCUT2D eigenvalue weighted by Gasteiger charge is -2.24. The lowest BCUT2D eigenvalue weighted by molar-refractivity contribution is -0.159. The molecule has 3 amide bonds. The summed E-state index contributed by atoms with van der Waals surface area (Å²) in [5, 5.41) is 12.8. The summed E-state index contributed by atoms with van der Waals surface area (Å²) in [5.41, 5.74) is 5.08. The molecule has 18 nitrogen and oxygen atoms in total. The van der Waals surface area contributed by atoms with Crippen molar-refractivity contribution in [2.45, 2.75) is 33.0 Å². The second kappa shape index (κ2) is 19.0. The Kier molecular flexibility index (Phi) is 14.0. The molecule has 0 unspecified atom stereocenters. The van der Waals surface area contributed by atoms with Gasteiger partial charge in [0.05, 0.1) is 25.3 Å². The summed E-state index contributed by atoms with van der Waals surface area (Å²) >= 11 is 0. The Bertz CT molecular complexity index is 2200. The SMILES string of the molecule is COc1cc(C(=O)O[C@H](C(=O)O)[C@@H](OC(=O)c2ccc(OC(C)=O)c(OC)c2)C(=O)NNC(=O)c2ccc(NC(=O)c3ccc(C)cc3)cc2)ccc1OC(C)=O. The molecular formula is C39H35N3O15. The summed E-state index contributed by atoms with van der Waals surface area (Å²) in [4.78, 5) is 101. The maximum atomic E-state index is 13.5. The number of aryl methyl sites for hydroxylation is 1. The highest BCUT2D eigenvalue weighted by Gasteiger charge is 2.41. The van der Waals surface area contributed by atoms with Crippen molar-refractivity contribution < 1.29 is 71.9 Å². The second-order valence-corrected chi connectivity index (χ2v) is 11.7. The summed E-state index contributed by atoms with van der Waals surface area (Å²) in [6.07, 6.45) is -4.99. The number of methoxy groups -OCH3 is 2. The fourth-order valence-corrected chi connectivity index (χ4v) is 4.80. The third kappa shape index (κ3) is 11.4. The Labute approximate surface area is 323 Å². The van der Waals surface area contributed by atoms with Gasteiger partial charge in [0, 0.05) is 30.7 Å². The van der Waals surface area contributed by atoms with E-state index in [1.54, 1.807) is 24.3 Å². The molecule has 0 spiro atoms. The van der Waals surface area contributed by atoms with Crippen LogP contribution in [0.1, 0.15) is 60.8 Å². The van der Waals surface area contributed by atoms with Gasteiger partial charge in [0.25, 0.3) is 17.7 Å². The predicted molar refractivity (Wildman–Crippen MR) is 196 cm³/mol. The number of carbonyl (C=O) groups is 8. The van der Waals surface area contributed by atoms with Gasteiger partial charge in [0.1, 0.15) is 0 Å². The van der Waals surface area contributed by atoms with Crippen molar-refractivity contribution in [3.63, 3.8) is 0 Å². The molecule has 0 aliphatic rings. The Hall–Kier alpha value is -7.76. The van der Waals surface area contributed by atoms with Crippen LogP contribution >= 0.6 is 0 Å². The first-order chi connectivity index (χ1) is 27.1. The lowest BCUT2D eigenvalue weighted by atomic mass is 10.1. The number of carboxylic acid groups (broad SMARTS) is 1. The molecule has 0 heterocycles. The fourth-order valence-electron chi connectivity index (χ4n) is 4.80. The Morgan fingerprint density at radius 3 is 1.44 bits per heavy atom. The monoisotopic (exact) mass is 785 g/mol. The normalized spacial score (nSPS) is 11.4. The third-order valence-corrected chi connectivity index (χ3v) is 7.57. The Balaban J connectivity index is 1.56. The van der Waals surface area contributed by atoms with Crippen LogP contribution < -0.4 is 35.1 Å². The van der Waals surface area contributed by atoms with Crippen LogP contribution in [0.15, 0.2) is 84.9 Å². The summed E-state index contributed by atoms with van der Waals surface area (Å²) in [5.74, 6) is -9.15. The van der Waals surface area contributed by atoms with E-state index in [4.69, 9.17) is 28.4 Å². The van der Waals surface area contributed by atoms with Gasteiger partial charge in [-0.15, -0.1) is 0 Å². The fraction of sp³-hybridized carbons (Fsp3) is 0.179. The molecule has 0 saturated carbocycles. The standard InChI is InChI=1S/C39H35N3O15/c1-20-6-8-23(9-7-20)34(45)40-27-14-10-24(11-15-27)35(46)41-42-36(47)32(56-38(50)25-12-16-28(54-21(2)43)30(18-25)52-4)33(37(48)49)57-39(51)26-13-17-29(55-22(3)44)31(19-26)53-5/h6-19,32-33H,1-5H3,(H,40,45)(H,41,46)(H,42,47)(H,48,49)/t32-,33+/m1/s1. The van der Waals surface area contributed by atoms with E-state index in [9.17, 15) is 43.5 Å². The van der Waals surface area contributed by atoms with Gasteiger partial charge < -0.3 is 38.8 Å². The topological polar surface area (TPSA) is 248 Å². The van der Waals surface area contributed by atoms with E-state index in [0.29, 0.717) is 11.3 Å². The molecule has 4 aromatic carbocycles. The van der Waals surface area contributed by atoms with Gasteiger partial charge in [0.15, 0.2) is 23.0 Å². The number of hydrogen-bond donors (Lipinski definition) is 4. The highest BCUT2D eigenvalue weighted by Crippen LogP contribution is 2.30. The summed E-state index contributed by atoms with van der Waals surface area (Å²) in [6.45, 7) is 4.13. The number of nitrogens with one attached hydrogen (secondary N) is 3. The highest BCUT2D eigenvalue weighted by molar-refractivity contribution is 6.05. The highest BCUT2D eigenvalue weighted by atomic mass is 16.6. The zero-order valence-corrected chi connectivity index (χ0v) is 30.9. The second-order valence-electron chi connectivity index (χ2n) is 11.7. The van der Waals surface area contributed by atoms with E-state index >= 15 is 0 Å². The van der Waals surface area contributed by atoms with Crippen LogP contribution in [-0.2, 0) is 28.7 Å². The van der Waals surface area contributed by atoms with Crippen LogP contribution in [0.2, 0.25) is 0 Å². The predicted octanol–water partition coefficient (Wildman–Crippen LogP) is 3.41. The molecule has 0 saturated heterocycles. The zero-order chi connectivity index (χ0) is 41.8. The molecule has 4 rings (SSSR count). The molecule has 4 aromatic rings. The smallest absolute Gasteiger partial charge is 0.349 e. The molecule has 0 aliphatic heterocycles. The molecule has 0 radical (unpaired) electrons. The van der Waals surface area contributed by atoms with E-state index in [1.807, 2.05) is 12.3 Å². The van der Waals surface area contributed by atoms with E-state index in [0.717, 1.165) is 43.7 Å². The third-order valence-electron chi connectivity index (χ3n) is 7.57. The first kappa shape index (κ1) is 42.0. The molecule has 0 aliphatic carbocycles. The average Bonchev–Trinajstić information content (AvgIpc) is 3.18. The van der Waals surface area contributed by atoms with E-state index in [2.05, 4.69) is 10.7 Å². The molecule has 57 heavy (non-hydrogen) atoms. The van der Waals surface area contributed by atoms with Gasteiger partial charge in [-0.2, -0.15) is 0 Å². The van der Waals surface area contributed by atoms with Crippen molar-refractivity contribution in [1.29, 1.82) is 0 Å². The number of benzene rings is 4. The number of ether oxygens (including phenoxy) is 6. The number of carbonyl (C=O) groups excluding carboxylic acids is 7. The van der Waals surface area contributed by atoms with Crippen LogP contribution in [0.25, 0.3) is 0 Å². The van der Waals surface area contributed by atoms with Crippen LogP contribution in [-0.4, -0.2) is 79.1 Å². The number of hydrazine groups is 1. The summed E-state index contributed by atoms with van der Waals surface area (Å²) in [6, 6.07) is 19.0. The number of amides is 3. The molecular weight excluding hydrogens is 750 g/mol. The van der Waals surface area contributed by atoms with Gasteiger partial charge in [0.2, 0.25) is 12.2 Å². The molecule has 0 aromatic heterocycles. The largest absolute Gasteiger partial charge is 0.493 e. The van der Waals surface area contributed by atoms with Crippen LogP contribution in [0.4, 0.5) is 5.69 Å². The molecule has 2 atom stereocenters. The number of carboxylic acids is 1. The maximum Gasteiger partial charge on any atom is 0.349 e. The minimum absolute atomic E-state index is 0.0236. The van der Waals surface area contributed by atoms with Crippen molar-refractivity contribution in [3.8, 4) is 23.0 Å². The van der Waals surface area contributed by atoms with Crippen molar-refractivity contribution in [1.82, 2.24) is 10.9 Å². The minimum Gasteiger partial charge on any atom is -0.493 e. The van der Waals surface area contributed by atoms with E-state index in [1.165, 1.54) is 50.6 Å². The number of esters is 4. The maximum absolute atomic E-state index is 13.5. The Morgan fingerprint density at radius 2 is 0.982 bits per heavy atom. The van der Waals surface area contributed by atoms with Crippen molar-refractivity contribution in [2.24, 2.45) is 0 Å². The molecule has 296 valence electrons. The molecule has 4 N–H and O–H groups in total. The lowest BCUT2D eigenvalue weighted by Crippen LogP contribution is -2.54. The summed E-state index contributed by atoms with van der Waals surface area (Å²) in [7, 11) is 2.41. The zero-order valence-electron chi connectivity index (χ0n) is 30.9. The van der Waals surface area contributed by atoms with Crippen molar-refractivity contribution in [3.05, 3.63) is 113 Å². The van der Waals surface area contributed by atoms with Crippen molar-refractivity contribution >= 4 is 53.3 Å². The van der Waals surface area contributed by atoms with Crippen LogP contribution in [0, 0.1) is 6.92 Å². The first-order valence-corrected chi connectivity index (χ1v) is 16.6. The number of aliphatic carboxylic acids is 1. The Morgan fingerprint density at radius 1 is 0.544 bits per heavy atom. The average molecular weight is 786 g/mol. The molecule has 0 bridgehead atoms. The van der Waals surface area contributed by atoms with Crippen LogP contribution in [0.5, 0.6) is 23.0 Å². The molecule has 18 heteroatoms. The number of anilines is 1. The van der Waals surface area contributed by atoms with E-state index in [-0.39, 0.29) is 39.7 Å². The number of rotatable bonds is 14. The quantitative estimate of drug-likeness (QED) is 0.0813. The summed E-state index contributed by atoms with van der Waals surface area (Å²) < 4.78 is 30.7. The molecule has 0 fully saturated rings. The minimum atomic E-state index is -2.53. The van der Waals surface area contributed by atoms with Crippen molar-refractivity contribution in [2.75, 3.05) is 19.5 Å². The van der Waals surface area contributed by atoms with Gasteiger partial charge in [-0.25, -0.2) is 14.4 Å². The van der Waals surface area contributed by atoms with Crippen LogP contribution in [0.3, 0.4) is 0 Å². The van der Waals surface area contributed by atoms with Gasteiger partial charge in [-0.1, -0.05) is 17.7 Å². The number of hydrogen-bond acceptors (Lipinski definition) is 14. The van der Waals surface area contributed by atoms with E-state index < -0.39 is 59.8 Å². The first-order valence-electron chi connectivity index (χ1n) is 16.6. The van der Waals surface area contributed by atoms with Gasteiger partial charge in [-0.3, -0.25) is 34.8 Å². The van der Waals surface area contributed by atoms with Gasteiger partial charge in [-0.05, 0) is 79.7 Å².